The summed E-state index contributed by atoms with van der Waals surface area (Å²) >= 11 is 0. The first-order chi connectivity index (χ1) is 9.90. The Kier molecular flexibility index (Phi) is 3.19. The Bertz CT molecular complexity index is 935. The van der Waals surface area contributed by atoms with E-state index in [1.807, 2.05) is 0 Å². The average Bonchev–Trinajstić information content (AvgIpc) is 2.57. The molecule has 3 N–H and O–H groups in total. The van der Waals surface area contributed by atoms with E-state index in [0.29, 0.717) is 6.07 Å². The van der Waals surface area contributed by atoms with E-state index in [4.69, 9.17) is 15.6 Å². The van der Waals surface area contributed by atoms with E-state index < -0.39 is 34.0 Å². The van der Waals surface area contributed by atoms with Gasteiger partial charge in [0.2, 0.25) is 5.43 Å². The molecule has 21 heavy (non-hydrogen) atoms. The highest BCUT2D eigenvalue weighted by atomic mass is 16.4. The van der Waals surface area contributed by atoms with E-state index in [0.717, 1.165) is 12.1 Å². The van der Waals surface area contributed by atoms with Gasteiger partial charge < -0.3 is 15.3 Å². The fraction of sp³-hybridized carbons (Fsp3) is 0. The lowest BCUT2D eigenvalue weighted by Crippen LogP contribution is -2.00. The van der Waals surface area contributed by atoms with Crippen molar-refractivity contribution in [3.8, 4) is 23.6 Å². The molecule has 0 heterocycles. The Morgan fingerprint density at radius 2 is 1.71 bits per heavy atom. The summed E-state index contributed by atoms with van der Waals surface area (Å²) < 4.78 is 0. The fourth-order valence-electron chi connectivity index (χ4n) is 1.92. The summed E-state index contributed by atoms with van der Waals surface area (Å²) in [5.41, 5.74) is -2.16. The second-order valence-electron chi connectivity index (χ2n) is 4.10. The summed E-state index contributed by atoms with van der Waals surface area (Å²) in [6.45, 7) is 0. The van der Waals surface area contributed by atoms with Crippen molar-refractivity contribution in [1.82, 2.24) is 0 Å². The molecule has 0 atom stereocenters. The number of rotatable bonds is 1. The maximum Gasteiger partial charge on any atom is 0.335 e. The van der Waals surface area contributed by atoms with E-state index >= 15 is 0 Å². The number of hydrogen-bond donors (Lipinski definition) is 3. The van der Waals surface area contributed by atoms with Gasteiger partial charge in [0.05, 0.1) is 11.1 Å². The van der Waals surface area contributed by atoms with Crippen molar-refractivity contribution >= 4 is 16.7 Å². The number of hydrogen-bond acceptors (Lipinski definition) is 6. The van der Waals surface area contributed by atoms with Crippen LogP contribution in [0.5, 0.6) is 11.5 Å². The van der Waals surface area contributed by atoms with Gasteiger partial charge in [0, 0.05) is 11.5 Å². The molecule has 0 aliphatic carbocycles. The molecule has 102 valence electrons. The molecular formula is C14H6N2O5. The number of benzene rings is 1. The Labute approximate surface area is 117 Å². The molecule has 7 nitrogen and oxygen atoms in total. The maximum atomic E-state index is 11.7. The van der Waals surface area contributed by atoms with Crippen molar-refractivity contribution in [3.63, 3.8) is 0 Å². The van der Waals surface area contributed by atoms with Crippen molar-refractivity contribution in [1.29, 1.82) is 10.5 Å². The highest BCUT2D eigenvalue weighted by Gasteiger charge is 2.18. The van der Waals surface area contributed by atoms with Gasteiger partial charge in [-0.15, -0.1) is 0 Å². The molecule has 0 amide bonds. The Morgan fingerprint density at radius 3 is 2.24 bits per heavy atom. The zero-order valence-corrected chi connectivity index (χ0v) is 10.3. The predicted molar refractivity (Wildman–Crippen MR) is 69.9 cm³/mol. The average molecular weight is 282 g/mol. The fourth-order valence-corrected chi connectivity index (χ4v) is 1.92. The summed E-state index contributed by atoms with van der Waals surface area (Å²) in [4.78, 5) is 22.7. The van der Waals surface area contributed by atoms with Gasteiger partial charge in [-0.2, -0.15) is 10.5 Å². The molecule has 2 aromatic carbocycles. The van der Waals surface area contributed by atoms with Crippen LogP contribution in [-0.2, 0) is 0 Å². The molecule has 0 unspecified atom stereocenters. The number of carboxylic acid groups (broad SMARTS) is 1. The number of nitrogens with zero attached hydrogens (tertiary/aromatic N) is 2. The number of aromatic hydroxyl groups is 2. The lowest BCUT2D eigenvalue weighted by Gasteiger charge is -2.03. The molecule has 0 aromatic heterocycles. The third-order valence-electron chi connectivity index (χ3n) is 2.88. The molecule has 0 bridgehead atoms. The quantitative estimate of drug-likeness (QED) is 0.709. The minimum atomic E-state index is -1.41. The summed E-state index contributed by atoms with van der Waals surface area (Å²) in [5.74, 6) is -2.95. The van der Waals surface area contributed by atoms with Gasteiger partial charge in [-0.1, -0.05) is 0 Å². The number of nitriles is 2. The molecule has 2 aromatic rings. The van der Waals surface area contributed by atoms with E-state index in [1.165, 1.54) is 0 Å². The normalized spacial score (nSPS) is 9.81. The van der Waals surface area contributed by atoms with Crippen LogP contribution in [0.25, 0.3) is 10.8 Å². The van der Waals surface area contributed by atoms with Gasteiger partial charge in [-0.3, -0.25) is 4.79 Å². The molecule has 0 saturated heterocycles. The Hall–Kier alpha value is -3.58. The largest absolute Gasteiger partial charge is 0.505 e. The van der Waals surface area contributed by atoms with Crippen LogP contribution in [0, 0.1) is 22.7 Å². The summed E-state index contributed by atoms with van der Waals surface area (Å²) in [7, 11) is 0. The first-order valence-electron chi connectivity index (χ1n) is 5.51. The van der Waals surface area contributed by atoms with Gasteiger partial charge in [0.1, 0.15) is 17.7 Å². The maximum absolute atomic E-state index is 11.7. The molecule has 7 heteroatoms. The third kappa shape index (κ3) is 2.09. The number of phenolic OH excluding ortho intramolecular Hbond substituents is 1. The van der Waals surface area contributed by atoms with E-state index in [9.17, 15) is 19.8 Å². The van der Waals surface area contributed by atoms with Gasteiger partial charge >= 0.3 is 5.97 Å². The first kappa shape index (κ1) is 13.8. The van der Waals surface area contributed by atoms with Crippen molar-refractivity contribution < 1.29 is 20.1 Å². The Morgan fingerprint density at radius 1 is 1.05 bits per heavy atom. The second kappa shape index (κ2) is 4.83. The van der Waals surface area contributed by atoms with Crippen LogP contribution in [0.3, 0.4) is 0 Å². The first-order valence-corrected chi connectivity index (χ1v) is 5.51. The van der Waals surface area contributed by atoms with Crippen LogP contribution in [0.4, 0.5) is 0 Å². The molecule has 0 aliphatic heterocycles. The number of carbonyl (C=O) groups is 1. The lowest BCUT2D eigenvalue weighted by atomic mass is 10.0. The summed E-state index contributed by atoms with van der Waals surface area (Å²) in [6.07, 6.45) is 0. The topological polar surface area (TPSA) is 142 Å². The van der Waals surface area contributed by atoms with E-state index in [2.05, 4.69) is 0 Å². The van der Waals surface area contributed by atoms with Crippen LogP contribution < -0.4 is 5.43 Å². The summed E-state index contributed by atoms with van der Waals surface area (Å²) in [5, 5.41) is 46.3. The van der Waals surface area contributed by atoms with E-state index in [1.54, 1.807) is 12.1 Å². The molecule has 0 aliphatic rings. The minimum Gasteiger partial charge on any atom is -0.505 e. The van der Waals surface area contributed by atoms with Gasteiger partial charge in [-0.25, -0.2) is 4.79 Å². The molecule has 2 rings (SSSR count). The standard InChI is InChI=1S/C14H6N2O5/c15-4-8-2-6-1-7(14(20)21)3-10(17)13(19)11(6)9(5-16)12(8)18/h1-3,18H,(H,17,19)(H,20,21). The van der Waals surface area contributed by atoms with Crippen LogP contribution in [0.15, 0.2) is 23.0 Å². The molecule has 0 radical (unpaired) electrons. The zero-order chi connectivity index (χ0) is 15.7. The van der Waals surface area contributed by atoms with Crippen LogP contribution >= 0.6 is 0 Å². The van der Waals surface area contributed by atoms with Crippen molar-refractivity contribution in [2.24, 2.45) is 0 Å². The minimum absolute atomic E-state index is 0.0158. The highest BCUT2D eigenvalue weighted by molar-refractivity contribution is 5.99. The highest BCUT2D eigenvalue weighted by Crippen LogP contribution is 2.33. The van der Waals surface area contributed by atoms with Gasteiger partial charge in [-0.05, 0) is 17.5 Å². The lowest BCUT2D eigenvalue weighted by molar-refractivity contribution is 0.0697. The smallest absolute Gasteiger partial charge is 0.335 e. The van der Waals surface area contributed by atoms with Crippen molar-refractivity contribution in [2.45, 2.75) is 0 Å². The van der Waals surface area contributed by atoms with Crippen LogP contribution in [0.2, 0.25) is 0 Å². The van der Waals surface area contributed by atoms with Crippen LogP contribution in [0.1, 0.15) is 21.5 Å². The molecule has 0 fully saturated rings. The number of carboxylic acids is 1. The predicted octanol–water partition coefficient (Wildman–Crippen LogP) is 1.05. The molecular weight excluding hydrogens is 276 g/mol. The Balaban J connectivity index is 3.21. The van der Waals surface area contributed by atoms with Crippen LogP contribution in [-0.4, -0.2) is 21.3 Å². The molecule has 0 saturated carbocycles. The number of aromatic carboxylic acids is 1. The van der Waals surface area contributed by atoms with Crippen molar-refractivity contribution in [2.75, 3.05) is 0 Å². The summed E-state index contributed by atoms with van der Waals surface area (Å²) in [6, 6.07) is 6.08. The van der Waals surface area contributed by atoms with Gasteiger partial charge in [0.25, 0.3) is 0 Å². The SMILES string of the molecule is N#Cc1cc2cc(C(=O)O)cc(=O)c(O)c2c(C#N)c1O. The third-order valence-corrected chi connectivity index (χ3v) is 2.88. The van der Waals surface area contributed by atoms with Gasteiger partial charge in [0.15, 0.2) is 11.5 Å². The zero-order valence-electron chi connectivity index (χ0n) is 10.3. The van der Waals surface area contributed by atoms with Crippen molar-refractivity contribution in [3.05, 3.63) is 45.1 Å². The number of phenols is 1. The number of fused-ring (bicyclic) bond motifs is 1. The second-order valence-corrected chi connectivity index (χ2v) is 4.10. The molecule has 0 spiro atoms. The van der Waals surface area contributed by atoms with E-state index in [-0.39, 0.29) is 16.3 Å². The monoisotopic (exact) mass is 282 g/mol.